The van der Waals surface area contributed by atoms with Gasteiger partial charge >= 0.3 is 5.97 Å². The Labute approximate surface area is 347 Å². The lowest BCUT2D eigenvalue weighted by Gasteiger charge is -2.35. The summed E-state index contributed by atoms with van der Waals surface area (Å²) in [5.41, 5.74) is 10.8. The van der Waals surface area contributed by atoms with E-state index in [0.29, 0.717) is 65.7 Å². The fourth-order valence-corrected chi connectivity index (χ4v) is 9.09. The molecule has 0 fully saturated rings. The van der Waals surface area contributed by atoms with Gasteiger partial charge in [0.15, 0.2) is 0 Å². The number of carboxylic acids is 1. The SMILES string of the molecule is Cc1cc(OCCCc2c3n(c4c(-c5c(C)cn(C)c5C)c(Cl)ccc24)[C@H](C)CN(c2cc(OCc4ccccc4)cc4c2cc(C(=O)O)n4C)C3=O)cc(C)c1Cl. The number of aromatic carboxylic acids is 1. The maximum atomic E-state index is 15.4. The fraction of sp³-hybridized carbons (Fsp3) is 0.277. The van der Waals surface area contributed by atoms with Gasteiger partial charge in [0, 0.05) is 77.6 Å². The highest BCUT2D eigenvalue weighted by molar-refractivity contribution is 6.35. The first-order valence-electron chi connectivity index (χ1n) is 19.5. The second-order valence-electron chi connectivity index (χ2n) is 15.5. The zero-order valence-corrected chi connectivity index (χ0v) is 35.3. The van der Waals surface area contributed by atoms with Crippen molar-refractivity contribution in [2.45, 2.75) is 60.1 Å². The van der Waals surface area contributed by atoms with Gasteiger partial charge in [-0.2, -0.15) is 0 Å². The summed E-state index contributed by atoms with van der Waals surface area (Å²) in [6.07, 6.45) is 3.32. The first-order chi connectivity index (χ1) is 27.7. The molecule has 0 aliphatic carbocycles. The average molecular weight is 818 g/mol. The number of carbonyl (C=O) groups excluding carboxylic acids is 1. The molecule has 4 aromatic carbocycles. The summed E-state index contributed by atoms with van der Waals surface area (Å²) in [6.45, 7) is 11.3. The number of halogens is 2. The number of rotatable bonds is 11. The zero-order valence-electron chi connectivity index (χ0n) is 33.7. The molecule has 0 bridgehead atoms. The molecule has 4 heterocycles. The van der Waals surface area contributed by atoms with E-state index in [4.69, 9.17) is 32.7 Å². The lowest BCUT2D eigenvalue weighted by atomic mass is 9.97. The van der Waals surface area contributed by atoms with Crippen LogP contribution in [-0.2, 0) is 27.1 Å². The van der Waals surface area contributed by atoms with E-state index in [1.807, 2.05) is 87.6 Å². The number of hydrogen-bond donors (Lipinski definition) is 1. The van der Waals surface area contributed by atoms with Crippen LogP contribution in [0.5, 0.6) is 11.5 Å². The van der Waals surface area contributed by atoms with Crippen LogP contribution in [0.25, 0.3) is 32.9 Å². The van der Waals surface area contributed by atoms with Crippen LogP contribution >= 0.6 is 23.2 Å². The predicted octanol–water partition coefficient (Wildman–Crippen LogP) is 11.2. The third kappa shape index (κ3) is 6.70. The summed E-state index contributed by atoms with van der Waals surface area (Å²) in [4.78, 5) is 29.6. The largest absolute Gasteiger partial charge is 0.494 e. The number of nitrogens with zero attached hydrogens (tertiary/aromatic N) is 4. The number of fused-ring (bicyclic) bond motifs is 4. The molecule has 0 saturated carbocycles. The molecular formula is C47H46Cl2N4O5. The highest BCUT2D eigenvalue weighted by atomic mass is 35.5. The highest BCUT2D eigenvalue weighted by Gasteiger charge is 2.38. The van der Waals surface area contributed by atoms with Gasteiger partial charge in [-0.05, 0) is 99.5 Å². The minimum absolute atomic E-state index is 0.114. The number of aromatic nitrogens is 3. The fourth-order valence-electron chi connectivity index (χ4n) is 8.73. The van der Waals surface area contributed by atoms with Crippen molar-refractivity contribution in [2.24, 2.45) is 14.1 Å². The van der Waals surface area contributed by atoms with Gasteiger partial charge in [-0.15, -0.1) is 0 Å². The minimum Gasteiger partial charge on any atom is -0.494 e. The van der Waals surface area contributed by atoms with Crippen LogP contribution < -0.4 is 14.4 Å². The van der Waals surface area contributed by atoms with Crippen LogP contribution in [0.2, 0.25) is 10.0 Å². The zero-order chi connectivity index (χ0) is 41.2. The number of benzene rings is 4. The molecule has 3 aromatic heterocycles. The first-order valence-corrected chi connectivity index (χ1v) is 20.2. The second-order valence-corrected chi connectivity index (χ2v) is 16.3. The van der Waals surface area contributed by atoms with E-state index in [1.54, 1.807) is 22.6 Å². The van der Waals surface area contributed by atoms with Crippen LogP contribution in [0.15, 0.2) is 79.0 Å². The Balaban J connectivity index is 1.27. The van der Waals surface area contributed by atoms with Crippen molar-refractivity contribution in [3.05, 3.63) is 134 Å². The van der Waals surface area contributed by atoms with Crippen molar-refractivity contribution in [3.63, 3.8) is 0 Å². The lowest BCUT2D eigenvalue weighted by Crippen LogP contribution is -2.42. The van der Waals surface area contributed by atoms with Gasteiger partial charge < -0.3 is 33.2 Å². The van der Waals surface area contributed by atoms with E-state index in [2.05, 4.69) is 36.1 Å². The van der Waals surface area contributed by atoms with Gasteiger partial charge in [-0.3, -0.25) is 4.79 Å². The molecule has 0 radical (unpaired) electrons. The number of carbonyl (C=O) groups is 2. The lowest BCUT2D eigenvalue weighted by molar-refractivity contribution is 0.0686. The van der Waals surface area contributed by atoms with Crippen molar-refractivity contribution in [1.82, 2.24) is 13.7 Å². The molecule has 8 rings (SSSR count). The summed E-state index contributed by atoms with van der Waals surface area (Å²) < 4.78 is 18.5. The molecule has 0 unspecified atom stereocenters. The topological polar surface area (TPSA) is 90.9 Å². The Kier molecular flexibility index (Phi) is 10.3. The van der Waals surface area contributed by atoms with Crippen molar-refractivity contribution in [2.75, 3.05) is 18.1 Å². The molecule has 9 nitrogen and oxygen atoms in total. The molecule has 1 N–H and O–H groups in total. The first kappa shape index (κ1) is 39.2. The Morgan fingerprint density at radius 2 is 1.57 bits per heavy atom. The summed E-state index contributed by atoms with van der Waals surface area (Å²) in [6, 6.07) is 22.9. The Morgan fingerprint density at radius 1 is 0.862 bits per heavy atom. The molecule has 1 atom stereocenters. The summed E-state index contributed by atoms with van der Waals surface area (Å²) in [7, 11) is 3.76. The van der Waals surface area contributed by atoms with Crippen LogP contribution in [-0.4, -0.2) is 43.8 Å². The van der Waals surface area contributed by atoms with Gasteiger partial charge in [0.1, 0.15) is 29.5 Å². The molecular weight excluding hydrogens is 771 g/mol. The van der Waals surface area contributed by atoms with E-state index in [9.17, 15) is 9.90 Å². The molecule has 1 aliphatic heterocycles. The number of aryl methyl sites for hydroxylation is 6. The van der Waals surface area contributed by atoms with Crippen molar-refractivity contribution >= 4 is 62.6 Å². The molecule has 0 saturated heterocycles. The number of anilines is 1. The second kappa shape index (κ2) is 15.3. The third-order valence-corrected chi connectivity index (χ3v) is 12.5. The molecule has 7 aromatic rings. The van der Waals surface area contributed by atoms with Crippen molar-refractivity contribution in [3.8, 4) is 22.6 Å². The Morgan fingerprint density at radius 3 is 2.24 bits per heavy atom. The Hall–Kier alpha value is -5.64. The standard InChI is InChI=1S/C47H46Cl2N4O5/c1-26-18-32(19-27(2)43(26)49)57-17-11-14-34-35-15-16-37(48)42(41-28(3)23-50(6)30(41)5)44(35)53-29(4)24-52(46(54)45(34)53)39-21-33(58-25-31-12-9-8-10-13-31)20-38-36(39)22-40(47(55)56)51(38)7/h8-10,12-13,15-16,18-23,29H,11,14,17,24-25H2,1-7H3,(H,55,56)/t29-/m1/s1. The molecule has 58 heavy (non-hydrogen) atoms. The number of ether oxygens (including phenoxy) is 2. The van der Waals surface area contributed by atoms with E-state index >= 15 is 4.79 Å². The predicted molar refractivity (Wildman–Crippen MR) is 233 cm³/mol. The highest BCUT2D eigenvalue weighted by Crippen LogP contribution is 2.46. The van der Waals surface area contributed by atoms with Crippen LogP contribution in [0.1, 0.15) is 73.9 Å². The van der Waals surface area contributed by atoms with E-state index in [1.165, 1.54) is 0 Å². The van der Waals surface area contributed by atoms with Gasteiger partial charge in [-0.1, -0.05) is 59.6 Å². The van der Waals surface area contributed by atoms with Gasteiger partial charge in [0.25, 0.3) is 5.91 Å². The number of carboxylic acid groups (broad SMARTS) is 1. The number of hydrogen-bond acceptors (Lipinski definition) is 4. The van der Waals surface area contributed by atoms with Crippen molar-refractivity contribution < 1.29 is 24.2 Å². The van der Waals surface area contributed by atoms with Crippen LogP contribution in [0.3, 0.4) is 0 Å². The van der Waals surface area contributed by atoms with Gasteiger partial charge in [0.05, 0.1) is 28.4 Å². The van der Waals surface area contributed by atoms with Crippen LogP contribution in [0, 0.1) is 27.7 Å². The average Bonchev–Trinajstić information content (AvgIpc) is 3.80. The molecule has 0 spiro atoms. The number of amides is 1. The molecule has 1 amide bonds. The molecule has 298 valence electrons. The normalized spacial score (nSPS) is 14.1. The maximum absolute atomic E-state index is 15.4. The van der Waals surface area contributed by atoms with Crippen molar-refractivity contribution in [1.29, 1.82) is 0 Å². The smallest absolute Gasteiger partial charge is 0.352 e. The molecule has 11 heteroatoms. The monoisotopic (exact) mass is 816 g/mol. The van der Waals surface area contributed by atoms with Gasteiger partial charge in [-0.25, -0.2) is 4.79 Å². The van der Waals surface area contributed by atoms with E-state index in [-0.39, 0.29) is 17.6 Å². The Bertz CT molecular complexity index is 2760. The van der Waals surface area contributed by atoms with Crippen LogP contribution in [0.4, 0.5) is 5.69 Å². The summed E-state index contributed by atoms with van der Waals surface area (Å²) >= 11 is 13.6. The third-order valence-electron chi connectivity index (χ3n) is 11.6. The van der Waals surface area contributed by atoms with Gasteiger partial charge in [0.2, 0.25) is 0 Å². The summed E-state index contributed by atoms with van der Waals surface area (Å²) in [5, 5.41) is 13.1. The van der Waals surface area contributed by atoms with E-state index < -0.39 is 5.97 Å². The minimum atomic E-state index is -1.06. The quantitative estimate of drug-likeness (QED) is 0.131. The van der Waals surface area contributed by atoms with E-state index in [0.717, 1.165) is 66.3 Å². The maximum Gasteiger partial charge on any atom is 0.352 e. The summed E-state index contributed by atoms with van der Waals surface area (Å²) in [5.74, 6) is 0.0505. The molecule has 1 aliphatic rings.